The van der Waals surface area contributed by atoms with Gasteiger partial charge in [-0.25, -0.2) is 4.79 Å². The molecule has 0 spiro atoms. The van der Waals surface area contributed by atoms with E-state index in [0.29, 0.717) is 6.08 Å². The number of carbonyl (C=O) groups is 3. The van der Waals surface area contributed by atoms with Crippen molar-refractivity contribution in [3.05, 3.63) is 6.08 Å². The molecule has 0 amide bonds. The molecular weight excluding hydrogens is 258 g/mol. The van der Waals surface area contributed by atoms with E-state index in [2.05, 4.69) is 0 Å². The molecule has 0 saturated heterocycles. The van der Waals surface area contributed by atoms with Crippen LogP contribution in [-0.2, 0) is 24.0 Å². The number of carboxylic acids is 2. The molecule has 0 aliphatic heterocycles. The number of hydrogen-bond donors (Lipinski definition) is 3. The Hall–Kier alpha value is -2.02. The molecular formula is C11H15NO7. The maximum atomic E-state index is 11.4. The van der Waals surface area contributed by atoms with Crippen molar-refractivity contribution in [2.45, 2.75) is 32.4 Å². The van der Waals surface area contributed by atoms with Crippen LogP contribution in [0.4, 0.5) is 0 Å². The number of hydroxylamine groups is 1. The van der Waals surface area contributed by atoms with Gasteiger partial charge in [0.2, 0.25) is 0 Å². The first-order chi connectivity index (χ1) is 8.60. The maximum Gasteiger partial charge on any atom is 0.324 e. The lowest BCUT2D eigenvalue weighted by atomic mass is 9.95. The largest absolute Gasteiger partial charge is 0.481 e. The fourth-order valence-electron chi connectivity index (χ4n) is 1.08. The number of aliphatic carboxylic acids is 2. The van der Waals surface area contributed by atoms with Crippen molar-refractivity contribution >= 4 is 23.7 Å². The molecule has 0 rings (SSSR count). The van der Waals surface area contributed by atoms with Gasteiger partial charge in [0, 0.05) is 0 Å². The highest BCUT2D eigenvalue weighted by atomic mass is 16.7. The van der Waals surface area contributed by atoms with Gasteiger partial charge in [-0.15, -0.1) is 0 Å². The normalized spacial score (nSPS) is 14.1. The molecule has 106 valence electrons. The SMILES string of the molecule is CC(C)(C)ON[C@H](C(=O)O)C(C(=O)O)C(=O)C=C=O. The van der Waals surface area contributed by atoms with Gasteiger partial charge in [0.1, 0.15) is 11.9 Å². The predicted octanol–water partition coefficient (Wildman–Crippen LogP) is -0.583. The summed E-state index contributed by atoms with van der Waals surface area (Å²) >= 11 is 0. The van der Waals surface area contributed by atoms with E-state index >= 15 is 0 Å². The molecule has 0 aromatic heterocycles. The summed E-state index contributed by atoms with van der Waals surface area (Å²) in [5.41, 5.74) is 1.24. The average Bonchev–Trinajstić information content (AvgIpc) is 2.21. The number of ketones is 1. The fraction of sp³-hybridized carbons (Fsp3) is 0.545. The zero-order valence-corrected chi connectivity index (χ0v) is 10.7. The van der Waals surface area contributed by atoms with E-state index in [1.165, 1.54) is 0 Å². The Kier molecular flexibility index (Phi) is 6.07. The van der Waals surface area contributed by atoms with Crippen LogP contribution in [0.3, 0.4) is 0 Å². The number of hydrogen-bond acceptors (Lipinski definition) is 6. The van der Waals surface area contributed by atoms with Crippen LogP contribution in [0, 0.1) is 5.92 Å². The number of nitrogens with one attached hydrogen (secondary N) is 1. The number of carbonyl (C=O) groups excluding carboxylic acids is 2. The molecule has 0 saturated carbocycles. The zero-order chi connectivity index (χ0) is 15.2. The molecule has 0 aliphatic carbocycles. The van der Waals surface area contributed by atoms with E-state index in [-0.39, 0.29) is 0 Å². The van der Waals surface area contributed by atoms with Gasteiger partial charge in [-0.1, -0.05) is 0 Å². The van der Waals surface area contributed by atoms with Gasteiger partial charge < -0.3 is 10.2 Å². The summed E-state index contributed by atoms with van der Waals surface area (Å²) in [4.78, 5) is 48.4. The molecule has 8 nitrogen and oxygen atoms in total. The number of allylic oxidation sites excluding steroid dienone is 1. The van der Waals surface area contributed by atoms with E-state index < -0.39 is 35.3 Å². The predicted molar refractivity (Wildman–Crippen MR) is 61.8 cm³/mol. The Morgan fingerprint density at radius 2 is 1.74 bits per heavy atom. The smallest absolute Gasteiger partial charge is 0.324 e. The minimum atomic E-state index is -1.98. The monoisotopic (exact) mass is 273 g/mol. The molecule has 8 heteroatoms. The van der Waals surface area contributed by atoms with Crippen LogP contribution in [0.15, 0.2) is 6.08 Å². The molecule has 0 aromatic carbocycles. The van der Waals surface area contributed by atoms with E-state index in [0.717, 1.165) is 5.94 Å². The second-order valence-electron chi connectivity index (χ2n) is 4.63. The highest BCUT2D eigenvalue weighted by Crippen LogP contribution is 2.11. The van der Waals surface area contributed by atoms with Crippen molar-refractivity contribution < 1.29 is 34.2 Å². The van der Waals surface area contributed by atoms with E-state index in [4.69, 9.17) is 15.1 Å². The van der Waals surface area contributed by atoms with Crippen molar-refractivity contribution in [3.63, 3.8) is 0 Å². The van der Waals surface area contributed by atoms with Crippen molar-refractivity contribution in [3.8, 4) is 0 Å². The molecule has 1 unspecified atom stereocenters. The fourth-order valence-corrected chi connectivity index (χ4v) is 1.08. The van der Waals surface area contributed by atoms with Gasteiger partial charge in [0.25, 0.3) is 0 Å². The van der Waals surface area contributed by atoms with E-state index in [1.807, 2.05) is 5.48 Å². The summed E-state index contributed by atoms with van der Waals surface area (Å²) < 4.78 is 0. The molecule has 3 N–H and O–H groups in total. The lowest BCUT2D eigenvalue weighted by molar-refractivity contribution is -0.165. The Balaban J connectivity index is 5.19. The topological polar surface area (TPSA) is 130 Å². The summed E-state index contributed by atoms with van der Waals surface area (Å²) in [5.74, 6) is -5.33. The molecule has 0 fully saturated rings. The Bertz CT molecular complexity index is 417. The highest BCUT2D eigenvalue weighted by molar-refractivity contribution is 6.10. The van der Waals surface area contributed by atoms with Gasteiger partial charge in [-0.2, -0.15) is 5.48 Å². The maximum absolute atomic E-state index is 11.4. The van der Waals surface area contributed by atoms with Crippen LogP contribution in [0.5, 0.6) is 0 Å². The highest BCUT2D eigenvalue weighted by Gasteiger charge is 2.39. The third-order valence-corrected chi connectivity index (χ3v) is 1.87. The molecule has 0 bridgehead atoms. The van der Waals surface area contributed by atoms with Crippen molar-refractivity contribution in [1.29, 1.82) is 0 Å². The van der Waals surface area contributed by atoms with Crippen LogP contribution in [-0.4, -0.2) is 45.5 Å². The lowest BCUT2D eigenvalue weighted by Crippen LogP contribution is -2.51. The van der Waals surface area contributed by atoms with E-state index in [9.17, 15) is 19.2 Å². The number of rotatable bonds is 7. The average molecular weight is 273 g/mol. The van der Waals surface area contributed by atoms with Gasteiger partial charge in [0.05, 0.1) is 11.7 Å². The second kappa shape index (κ2) is 6.79. The van der Waals surface area contributed by atoms with Gasteiger partial charge in [-0.05, 0) is 20.8 Å². The van der Waals surface area contributed by atoms with Crippen molar-refractivity contribution in [2.24, 2.45) is 5.92 Å². The molecule has 19 heavy (non-hydrogen) atoms. The Morgan fingerprint density at radius 1 is 1.21 bits per heavy atom. The van der Waals surface area contributed by atoms with Crippen LogP contribution < -0.4 is 5.48 Å². The standard InChI is InChI=1S/C11H15NO7/c1-11(2,3)19-12-8(10(17)18)7(9(15)16)6(14)4-5-13/h4,7-8,12H,1-3H3,(H,15,16)(H,17,18)/t7?,8-/m0/s1. The third kappa shape index (κ3) is 5.91. The van der Waals surface area contributed by atoms with Crippen LogP contribution in [0.2, 0.25) is 0 Å². The van der Waals surface area contributed by atoms with Gasteiger partial charge in [-0.3, -0.25) is 19.2 Å². The number of carboxylic acid groups (broad SMARTS) is 2. The van der Waals surface area contributed by atoms with Crippen LogP contribution in [0.25, 0.3) is 0 Å². The summed E-state index contributed by atoms with van der Waals surface area (Å²) in [6.07, 6.45) is 0.341. The van der Waals surface area contributed by atoms with Crippen molar-refractivity contribution in [2.75, 3.05) is 0 Å². The molecule has 2 atom stereocenters. The molecule has 0 aromatic rings. The van der Waals surface area contributed by atoms with Crippen LogP contribution >= 0.6 is 0 Å². The van der Waals surface area contributed by atoms with Gasteiger partial charge in [0.15, 0.2) is 11.8 Å². The quantitative estimate of drug-likeness (QED) is 0.243. The lowest BCUT2D eigenvalue weighted by Gasteiger charge is -2.25. The molecule has 0 aliphatic rings. The van der Waals surface area contributed by atoms with E-state index in [1.54, 1.807) is 20.8 Å². The minimum absolute atomic E-state index is 0.341. The first-order valence-corrected chi connectivity index (χ1v) is 5.24. The van der Waals surface area contributed by atoms with Crippen molar-refractivity contribution in [1.82, 2.24) is 5.48 Å². The Morgan fingerprint density at radius 3 is 2.05 bits per heavy atom. The summed E-state index contributed by atoms with van der Waals surface area (Å²) in [5, 5.41) is 17.8. The second-order valence-corrected chi connectivity index (χ2v) is 4.63. The third-order valence-electron chi connectivity index (χ3n) is 1.87. The first-order valence-electron chi connectivity index (χ1n) is 5.24. The zero-order valence-electron chi connectivity index (χ0n) is 10.7. The van der Waals surface area contributed by atoms with Gasteiger partial charge >= 0.3 is 11.9 Å². The minimum Gasteiger partial charge on any atom is -0.481 e. The molecule has 0 radical (unpaired) electrons. The summed E-state index contributed by atoms with van der Waals surface area (Å²) in [7, 11) is 0. The summed E-state index contributed by atoms with van der Waals surface area (Å²) in [6.45, 7) is 4.80. The molecule has 0 heterocycles. The summed E-state index contributed by atoms with van der Waals surface area (Å²) in [6, 6.07) is -1.83. The Labute approximate surface area is 109 Å². The first kappa shape index (κ1) is 17.0. The van der Waals surface area contributed by atoms with Crippen LogP contribution in [0.1, 0.15) is 20.8 Å².